The third-order valence-electron chi connectivity index (χ3n) is 2.53. The average molecular weight is 253 g/mol. The van der Waals surface area contributed by atoms with E-state index in [9.17, 15) is 0 Å². The SMILES string of the molecule is c1cnc(-n2cncn2)c(NCc2ccncn2)c1. The Labute approximate surface area is 109 Å². The monoisotopic (exact) mass is 253 g/mol. The van der Waals surface area contributed by atoms with E-state index in [2.05, 4.69) is 30.4 Å². The highest BCUT2D eigenvalue weighted by molar-refractivity contribution is 5.56. The van der Waals surface area contributed by atoms with Gasteiger partial charge in [0, 0.05) is 12.4 Å². The summed E-state index contributed by atoms with van der Waals surface area (Å²) in [5.74, 6) is 0.703. The lowest BCUT2D eigenvalue weighted by Gasteiger charge is -2.09. The van der Waals surface area contributed by atoms with Crippen molar-refractivity contribution in [3.63, 3.8) is 0 Å². The summed E-state index contributed by atoms with van der Waals surface area (Å²) in [6.07, 6.45) is 8.04. The molecule has 7 heteroatoms. The second-order valence-corrected chi connectivity index (χ2v) is 3.77. The lowest BCUT2D eigenvalue weighted by atomic mass is 10.3. The number of rotatable bonds is 4. The van der Waals surface area contributed by atoms with Gasteiger partial charge in [0.2, 0.25) is 0 Å². The fourth-order valence-corrected chi connectivity index (χ4v) is 1.64. The van der Waals surface area contributed by atoms with Crippen LogP contribution < -0.4 is 5.32 Å². The topological polar surface area (TPSA) is 81.4 Å². The van der Waals surface area contributed by atoms with Gasteiger partial charge in [-0.1, -0.05) is 0 Å². The van der Waals surface area contributed by atoms with Gasteiger partial charge in [0.15, 0.2) is 5.82 Å². The quantitative estimate of drug-likeness (QED) is 0.748. The third-order valence-corrected chi connectivity index (χ3v) is 2.53. The standard InChI is InChI=1S/C12H11N7/c1-2-11(16-6-10-3-5-13-7-17-10)12(15-4-1)19-9-14-8-18-19/h1-5,7-9,16H,6H2. The zero-order chi connectivity index (χ0) is 12.9. The largest absolute Gasteiger partial charge is 0.376 e. The summed E-state index contributed by atoms with van der Waals surface area (Å²) in [6, 6.07) is 5.66. The van der Waals surface area contributed by atoms with Crippen LogP contribution in [0.1, 0.15) is 5.69 Å². The molecule has 0 aliphatic rings. The fraction of sp³-hybridized carbons (Fsp3) is 0.0833. The molecule has 0 aromatic carbocycles. The molecule has 3 aromatic rings. The van der Waals surface area contributed by atoms with Crippen molar-refractivity contribution in [1.29, 1.82) is 0 Å². The molecule has 0 saturated carbocycles. The molecule has 0 saturated heterocycles. The summed E-state index contributed by atoms with van der Waals surface area (Å²) in [5.41, 5.74) is 1.77. The van der Waals surface area contributed by atoms with Crippen LogP contribution in [0.2, 0.25) is 0 Å². The molecule has 0 aliphatic carbocycles. The van der Waals surface area contributed by atoms with Crippen LogP contribution >= 0.6 is 0 Å². The normalized spacial score (nSPS) is 10.3. The molecule has 3 heterocycles. The van der Waals surface area contributed by atoms with Gasteiger partial charge in [0.1, 0.15) is 19.0 Å². The average Bonchev–Trinajstić information content (AvgIpc) is 3.01. The summed E-state index contributed by atoms with van der Waals surface area (Å²) < 4.78 is 1.61. The zero-order valence-electron chi connectivity index (χ0n) is 10.0. The molecule has 0 radical (unpaired) electrons. The summed E-state index contributed by atoms with van der Waals surface area (Å²) >= 11 is 0. The molecule has 0 amide bonds. The molecule has 0 bridgehead atoms. The van der Waals surface area contributed by atoms with Crippen molar-refractivity contribution in [2.75, 3.05) is 5.32 Å². The summed E-state index contributed by atoms with van der Waals surface area (Å²) in [7, 11) is 0. The van der Waals surface area contributed by atoms with E-state index in [1.54, 1.807) is 23.4 Å². The first-order valence-electron chi connectivity index (χ1n) is 5.72. The van der Waals surface area contributed by atoms with Crippen molar-refractivity contribution in [3.8, 4) is 5.82 Å². The van der Waals surface area contributed by atoms with Gasteiger partial charge in [-0.2, -0.15) is 5.10 Å². The molecule has 1 N–H and O–H groups in total. The molecule has 0 aliphatic heterocycles. The van der Waals surface area contributed by atoms with E-state index in [0.717, 1.165) is 11.4 Å². The molecule has 0 unspecified atom stereocenters. The molecule has 0 fully saturated rings. The van der Waals surface area contributed by atoms with Gasteiger partial charge < -0.3 is 5.32 Å². The molecule has 19 heavy (non-hydrogen) atoms. The van der Waals surface area contributed by atoms with Crippen molar-refractivity contribution < 1.29 is 0 Å². The van der Waals surface area contributed by atoms with Gasteiger partial charge in [-0.15, -0.1) is 0 Å². The van der Waals surface area contributed by atoms with Crippen LogP contribution in [0.4, 0.5) is 5.69 Å². The fourth-order valence-electron chi connectivity index (χ4n) is 1.64. The first kappa shape index (κ1) is 11.3. The Morgan fingerprint density at radius 3 is 2.84 bits per heavy atom. The molecular weight excluding hydrogens is 242 g/mol. The molecule has 94 valence electrons. The van der Waals surface area contributed by atoms with Crippen molar-refractivity contribution >= 4 is 5.69 Å². The Kier molecular flexibility index (Phi) is 3.09. The maximum atomic E-state index is 4.30. The maximum absolute atomic E-state index is 4.30. The van der Waals surface area contributed by atoms with Crippen LogP contribution in [-0.4, -0.2) is 29.7 Å². The second kappa shape index (κ2) is 5.21. The van der Waals surface area contributed by atoms with Crippen molar-refractivity contribution in [2.24, 2.45) is 0 Å². The predicted octanol–water partition coefficient (Wildman–Crippen LogP) is 1.06. The molecule has 7 nitrogen and oxygen atoms in total. The number of nitrogens with zero attached hydrogens (tertiary/aromatic N) is 6. The lowest BCUT2D eigenvalue weighted by molar-refractivity contribution is 0.843. The molecule has 3 rings (SSSR count). The van der Waals surface area contributed by atoms with Gasteiger partial charge in [0.25, 0.3) is 0 Å². The van der Waals surface area contributed by atoms with Crippen molar-refractivity contribution in [2.45, 2.75) is 6.54 Å². The highest BCUT2D eigenvalue weighted by Gasteiger charge is 2.05. The Balaban J connectivity index is 1.82. The number of hydrogen-bond acceptors (Lipinski definition) is 6. The zero-order valence-corrected chi connectivity index (χ0v) is 10.0. The molecule has 0 atom stereocenters. The van der Waals surface area contributed by atoms with E-state index in [1.165, 1.54) is 12.7 Å². The lowest BCUT2D eigenvalue weighted by Crippen LogP contribution is -2.07. The first-order chi connectivity index (χ1) is 9.43. The highest BCUT2D eigenvalue weighted by atomic mass is 15.3. The Morgan fingerprint density at radius 2 is 2.05 bits per heavy atom. The van der Waals surface area contributed by atoms with Gasteiger partial charge in [-0.25, -0.2) is 24.6 Å². The Hall–Kier alpha value is -2.83. The van der Waals surface area contributed by atoms with Crippen molar-refractivity contribution in [3.05, 3.63) is 55.3 Å². The second-order valence-electron chi connectivity index (χ2n) is 3.77. The summed E-state index contributed by atoms with van der Waals surface area (Å²) in [4.78, 5) is 16.3. The van der Waals surface area contributed by atoms with Gasteiger partial charge in [-0.3, -0.25) is 0 Å². The van der Waals surface area contributed by atoms with Crippen LogP contribution in [0.5, 0.6) is 0 Å². The minimum Gasteiger partial charge on any atom is -0.376 e. The predicted molar refractivity (Wildman–Crippen MR) is 68.5 cm³/mol. The van der Waals surface area contributed by atoms with Crippen LogP contribution in [0.25, 0.3) is 5.82 Å². The van der Waals surface area contributed by atoms with Crippen molar-refractivity contribution in [1.82, 2.24) is 29.7 Å². The van der Waals surface area contributed by atoms with E-state index in [1.807, 2.05) is 18.2 Å². The van der Waals surface area contributed by atoms with Gasteiger partial charge >= 0.3 is 0 Å². The molecular formula is C12H11N7. The summed E-state index contributed by atoms with van der Waals surface area (Å²) in [5, 5.41) is 7.36. The minimum absolute atomic E-state index is 0.593. The number of aromatic nitrogens is 6. The highest BCUT2D eigenvalue weighted by Crippen LogP contribution is 2.16. The Morgan fingerprint density at radius 1 is 1.05 bits per heavy atom. The number of anilines is 1. The van der Waals surface area contributed by atoms with Crippen LogP contribution in [0.3, 0.4) is 0 Å². The van der Waals surface area contributed by atoms with E-state index < -0.39 is 0 Å². The van der Waals surface area contributed by atoms with Crippen LogP contribution in [0, 0.1) is 0 Å². The smallest absolute Gasteiger partial charge is 0.178 e. The maximum Gasteiger partial charge on any atom is 0.178 e. The van der Waals surface area contributed by atoms with E-state index in [-0.39, 0.29) is 0 Å². The van der Waals surface area contributed by atoms with Gasteiger partial charge in [-0.05, 0) is 18.2 Å². The number of pyridine rings is 1. The molecule has 0 spiro atoms. The number of nitrogens with one attached hydrogen (secondary N) is 1. The van der Waals surface area contributed by atoms with E-state index >= 15 is 0 Å². The number of hydrogen-bond donors (Lipinski definition) is 1. The van der Waals surface area contributed by atoms with Crippen LogP contribution in [-0.2, 0) is 6.54 Å². The Bertz CT molecular complexity index is 636. The summed E-state index contributed by atoms with van der Waals surface area (Å²) in [6.45, 7) is 0.593. The first-order valence-corrected chi connectivity index (χ1v) is 5.72. The molecule has 3 aromatic heterocycles. The third kappa shape index (κ3) is 2.54. The minimum atomic E-state index is 0.593. The van der Waals surface area contributed by atoms with E-state index in [0.29, 0.717) is 12.4 Å². The van der Waals surface area contributed by atoms with Crippen LogP contribution in [0.15, 0.2) is 49.6 Å². The van der Waals surface area contributed by atoms with Gasteiger partial charge in [0.05, 0.1) is 17.9 Å². The van der Waals surface area contributed by atoms with E-state index in [4.69, 9.17) is 0 Å².